The number of thiophene rings is 1. The summed E-state index contributed by atoms with van der Waals surface area (Å²) in [6, 6.07) is 9.40. The third kappa shape index (κ3) is 4.29. The first kappa shape index (κ1) is 23.9. The molecular weight excluding hydrogens is 446 g/mol. The number of rotatable bonds is 5. The number of carbonyl (C=O) groups excluding carboxylic acids is 1. The second kappa shape index (κ2) is 9.03. The number of amides is 1. The van der Waals surface area contributed by atoms with Crippen LogP contribution in [0.2, 0.25) is 0 Å². The van der Waals surface area contributed by atoms with E-state index < -0.39 is 5.41 Å². The van der Waals surface area contributed by atoms with Gasteiger partial charge in [0.15, 0.2) is 0 Å². The number of hydrogen-bond acceptors (Lipinski definition) is 5. The van der Waals surface area contributed by atoms with Gasteiger partial charge in [0.2, 0.25) is 5.91 Å². The molecule has 1 aliphatic heterocycles. The van der Waals surface area contributed by atoms with Crippen LogP contribution in [0.4, 0.5) is 0 Å². The van der Waals surface area contributed by atoms with Crippen molar-refractivity contribution in [2.45, 2.75) is 38.5 Å². The van der Waals surface area contributed by atoms with Crippen molar-refractivity contribution in [3.05, 3.63) is 61.7 Å². The van der Waals surface area contributed by atoms with Crippen molar-refractivity contribution in [1.29, 1.82) is 5.41 Å². The smallest absolute Gasteiger partial charge is 0.272 e. The number of amidine groups is 1. The first-order chi connectivity index (χ1) is 14.7. The maximum Gasteiger partial charge on any atom is 0.272 e. The number of nitrogens with one attached hydrogen (secondary N) is 1. The normalized spacial score (nSPS) is 13.9. The Morgan fingerprint density at radius 2 is 1.91 bits per heavy atom. The van der Waals surface area contributed by atoms with Crippen LogP contribution < -0.4 is 11.3 Å². The Bertz CT molecular complexity index is 1240. The van der Waals surface area contributed by atoms with Crippen molar-refractivity contribution in [3.8, 4) is 0 Å². The minimum Gasteiger partial charge on any atom is -0.383 e. The fourth-order valence-corrected chi connectivity index (χ4v) is 4.99. The molecule has 3 aromatic rings. The number of hydrogen-bond donors (Lipinski definition) is 2. The van der Waals surface area contributed by atoms with E-state index in [0.717, 1.165) is 41.9 Å². The molecule has 0 atom stereocenters. The number of nitrogen functional groups attached to an aromatic ring is 1. The van der Waals surface area contributed by atoms with Crippen LogP contribution in [0.1, 0.15) is 47.7 Å². The molecule has 3 heterocycles. The second-order valence-corrected chi connectivity index (χ2v) is 9.78. The van der Waals surface area contributed by atoms with Crippen LogP contribution in [-0.4, -0.2) is 39.3 Å². The van der Waals surface area contributed by atoms with E-state index in [1.54, 1.807) is 17.7 Å². The van der Waals surface area contributed by atoms with Gasteiger partial charge in [-0.05, 0) is 56.5 Å². The predicted molar refractivity (Wildman–Crippen MR) is 131 cm³/mol. The lowest BCUT2D eigenvalue weighted by Gasteiger charge is -2.29. The summed E-state index contributed by atoms with van der Waals surface area (Å²) in [4.78, 5) is 34.2. The number of nitrogens with two attached hydrogens (primary N) is 1. The monoisotopic (exact) mass is 473 g/mol. The van der Waals surface area contributed by atoms with Crippen LogP contribution in [0.25, 0.3) is 11.0 Å². The molecule has 4 rings (SSSR count). The maximum atomic E-state index is 13.1. The van der Waals surface area contributed by atoms with Gasteiger partial charge < -0.3 is 15.2 Å². The Labute approximate surface area is 197 Å². The number of halogens is 1. The fourth-order valence-electron chi connectivity index (χ4n) is 4.12. The molecule has 32 heavy (non-hydrogen) atoms. The van der Waals surface area contributed by atoms with Gasteiger partial charge in [0.25, 0.3) is 5.56 Å². The highest BCUT2D eigenvalue weighted by Gasteiger charge is 2.35. The molecule has 170 valence electrons. The molecule has 1 amide bonds. The van der Waals surface area contributed by atoms with Gasteiger partial charge in [0, 0.05) is 31.4 Å². The molecule has 1 aromatic carbocycles. The molecule has 0 saturated carbocycles. The van der Waals surface area contributed by atoms with Gasteiger partial charge >= 0.3 is 0 Å². The zero-order valence-electron chi connectivity index (χ0n) is 18.5. The van der Waals surface area contributed by atoms with Crippen molar-refractivity contribution in [3.63, 3.8) is 0 Å². The van der Waals surface area contributed by atoms with Crippen LogP contribution in [0.5, 0.6) is 0 Å². The summed E-state index contributed by atoms with van der Waals surface area (Å²) in [7, 11) is 1.74. The molecule has 3 N–H and O–H groups in total. The zero-order valence-corrected chi connectivity index (χ0v) is 20.1. The number of carbonyl (C=O) groups is 1. The van der Waals surface area contributed by atoms with E-state index in [4.69, 9.17) is 11.1 Å². The van der Waals surface area contributed by atoms with E-state index in [0.29, 0.717) is 22.5 Å². The predicted octanol–water partition coefficient (Wildman–Crippen LogP) is 3.19. The van der Waals surface area contributed by atoms with Crippen LogP contribution in [0.15, 0.2) is 35.1 Å². The van der Waals surface area contributed by atoms with E-state index in [1.165, 1.54) is 11.3 Å². The first-order valence-corrected chi connectivity index (χ1v) is 11.2. The summed E-state index contributed by atoms with van der Waals surface area (Å²) in [6.45, 7) is 5.53. The van der Waals surface area contributed by atoms with Crippen molar-refractivity contribution >= 4 is 46.5 Å². The molecule has 0 aliphatic carbocycles. The average molecular weight is 474 g/mol. The molecule has 0 bridgehead atoms. The van der Waals surface area contributed by atoms with E-state index in [1.807, 2.05) is 43.0 Å². The number of benzene rings is 1. The highest BCUT2D eigenvalue weighted by molar-refractivity contribution is 7.14. The number of fused-ring (bicyclic) bond motifs is 1. The Balaban J connectivity index is 0.00000289. The SMILES string of the molecule is Cl.Cn1c(=O)c(Cc2ccc(C(=N)N)s2)nc2cc(C(C)(C)C(=O)N3CCCC3)ccc21. The summed E-state index contributed by atoms with van der Waals surface area (Å²) in [5.41, 5.74) is 7.50. The fraction of sp³-hybridized carbons (Fsp3) is 0.391. The summed E-state index contributed by atoms with van der Waals surface area (Å²) in [5, 5.41) is 7.57. The lowest BCUT2D eigenvalue weighted by atomic mass is 9.83. The Kier molecular flexibility index (Phi) is 6.76. The summed E-state index contributed by atoms with van der Waals surface area (Å²) in [5.74, 6) is 0.148. The number of likely N-dealkylation sites (tertiary alicyclic amines) is 1. The molecule has 1 aliphatic rings. The Morgan fingerprint density at radius 1 is 1.22 bits per heavy atom. The lowest BCUT2D eigenvalue weighted by molar-refractivity contribution is -0.135. The molecule has 7 nitrogen and oxygen atoms in total. The minimum absolute atomic E-state index is 0. The van der Waals surface area contributed by atoms with Crippen LogP contribution >= 0.6 is 23.7 Å². The highest BCUT2D eigenvalue weighted by atomic mass is 35.5. The Hall–Kier alpha value is -2.71. The molecule has 1 fully saturated rings. The van der Waals surface area contributed by atoms with Crippen molar-refractivity contribution in [2.24, 2.45) is 12.8 Å². The van der Waals surface area contributed by atoms with Gasteiger partial charge in [0.05, 0.1) is 21.3 Å². The van der Waals surface area contributed by atoms with E-state index >= 15 is 0 Å². The van der Waals surface area contributed by atoms with Crippen LogP contribution in [-0.2, 0) is 23.7 Å². The summed E-state index contributed by atoms with van der Waals surface area (Å²) in [6.07, 6.45) is 2.49. The summed E-state index contributed by atoms with van der Waals surface area (Å²) < 4.78 is 1.61. The minimum atomic E-state index is -0.667. The van der Waals surface area contributed by atoms with E-state index in [2.05, 4.69) is 4.98 Å². The van der Waals surface area contributed by atoms with Gasteiger partial charge in [-0.25, -0.2) is 4.98 Å². The molecular formula is C23H28ClN5O2S. The third-order valence-electron chi connectivity index (χ3n) is 6.06. The van der Waals surface area contributed by atoms with Crippen molar-refractivity contribution in [2.75, 3.05) is 13.1 Å². The first-order valence-electron chi connectivity index (χ1n) is 10.4. The van der Waals surface area contributed by atoms with Gasteiger partial charge in [-0.1, -0.05) is 6.07 Å². The molecule has 2 aromatic heterocycles. The quantitative estimate of drug-likeness (QED) is 0.438. The molecule has 1 saturated heterocycles. The standard InChI is InChI=1S/C23H27N5O2S.ClH/c1-23(2,22(30)28-10-4-5-11-28)14-6-8-18-16(12-14)26-17(21(29)27(18)3)13-15-7-9-19(31-15)20(24)25;/h6-9,12H,4-5,10-11,13H2,1-3H3,(H3,24,25);1H. The van der Waals surface area contributed by atoms with Crippen molar-refractivity contribution in [1.82, 2.24) is 14.5 Å². The zero-order chi connectivity index (χ0) is 22.3. The van der Waals surface area contributed by atoms with Crippen LogP contribution in [0.3, 0.4) is 0 Å². The Morgan fingerprint density at radius 3 is 2.53 bits per heavy atom. The van der Waals surface area contributed by atoms with E-state index in [-0.39, 0.29) is 29.7 Å². The number of aromatic nitrogens is 2. The third-order valence-corrected chi connectivity index (χ3v) is 7.18. The number of aryl methyl sites for hydroxylation is 1. The lowest BCUT2D eigenvalue weighted by Crippen LogP contribution is -2.42. The molecule has 0 spiro atoms. The van der Waals surface area contributed by atoms with Gasteiger partial charge in [0.1, 0.15) is 11.5 Å². The number of nitrogens with zero attached hydrogens (tertiary/aromatic N) is 3. The summed E-state index contributed by atoms with van der Waals surface area (Å²) >= 11 is 1.39. The topological polar surface area (TPSA) is 105 Å². The largest absolute Gasteiger partial charge is 0.383 e. The molecule has 0 unspecified atom stereocenters. The second-order valence-electron chi connectivity index (χ2n) is 8.61. The molecule has 0 radical (unpaired) electrons. The van der Waals surface area contributed by atoms with Crippen LogP contribution in [0, 0.1) is 5.41 Å². The average Bonchev–Trinajstić information content (AvgIpc) is 3.43. The molecule has 9 heteroatoms. The van der Waals surface area contributed by atoms with E-state index in [9.17, 15) is 9.59 Å². The van der Waals surface area contributed by atoms with Gasteiger partial charge in [-0.2, -0.15) is 0 Å². The maximum absolute atomic E-state index is 13.1. The van der Waals surface area contributed by atoms with Gasteiger partial charge in [-0.15, -0.1) is 23.7 Å². The van der Waals surface area contributed by atoms with Crippen molar-refractivity contribution < 1.29 is 4.79 Å². The van der Waals surface area contributed by atoms with Gasteiger partial charge in [-0.3, -0.25) is 15.0 Å². The highest BCUT2D eigenvalue weighted by Crippen LogP contribution is 2.29.